The number of nitrogens with zero attached hydrogens (tertiary/aromatic N) is 4. The van der Waals surface area contributed by atoms with E-state index in [2.05, 4.69) is 10.4 Å². The molecule has 1 aliphatic heterocycles. The molecule has 1 amide bonds. The second-order valence-corrected chi connectivity index (χ2v) is 7.77. The average Bonchev–Trinajstić information content (AvgIpc) is 3.01. The summed E-state index contributed by atoms with van der Waals surface area (Å²) in [6.07, 6.45) is 1.19. The van der Waals surface area contributed by atoms with Crippen LogP contribution in [-0.2, 0) is 29.7 Å². The summed E-state index contributed by atoms with van der Waals surface area (Å²) in [5.74, 6) is -0.346. The van der Waals surface area contributed by atoms with Crippen molar-refractivity contribution >= 4 is 15.9 Å². The Morgan fingerprint density at radius 3 is 2.84 bits per heavy atom. The van der Waals surface area contributed by atoms with Crippen molar-refractivity contribution in [1.29, 1.82) is 5.26 Å². The van der Waals surface area contributed by atoms with E-state index in [4.69, 9.17) is 5.26 Å². The number of rotatable bonds is 4. The average molecular weight is 359 g/mol. The van der Waals surface area contributed by atoms with Crippen LogP contribution < -0.4 is 5.32 Å². The summed E-state index contributed by atoms with van der Waals surface area (Å²) in [4.78, 5) is 12.2. The van der Waals surface area contributed by atoms with Gasteiger partial charge in [-0.3, -0.25) is 9.48 Å². The van der Waals surface area contributed by atoms with Crippen molar-refractivity contribution in [3.63, 3.8) is 0 Å². The summed E-state index contributed by atoms with van der Waals surface area (Å²) in [7, 11) is -3.24. The zero-order chi connectivity index (χ0) is 18.0. The number of hydrogen-bond donors (Lipinski definition) is 1. The topological polar surface area (TPSA) is 108 Å². The molecule has 0 saturated heterocycles. The number of amides is 1. The second-order valence-electron chi connectivity index (χ2n) is 5.79. The summed E-state index contributed by atoms with van der Waals surface area (Å²) in [6.45, 7) is 1.34. The zero-order valence-corrected chi connectivity index (χ0v) is 14.5. The number of benzene rings is 1. The van der Waals surface area contributed by atoms with Crippen LogP contribution in [0.25, 0.3) is 0 Å². The van der Waals surface area contributed by atoms with Gasteiger partial charge < -0.3 is 5.32 Å². The predicted molar refractivity (Wildman–Crippen MR) is 89.8 cm³/mol. The number of hydrogen-bond acceptors (Lipinski definition) is 5. The minimum Gasteiger partial charge on any atom is -0.346 e. The predicted octanol–water partition coefficient (Wildman–Crippen LogP) is 0.460. The maximum absolute atomic E-state index is 12.2. The lowest BCUT2D eigenvalue weighted by Gasteiger charge is -2.25. The minimum atomic E-state index is -3.24. The minimum absolute atomic E-state index is 0.206. The van der Waals surface area contributed by atoms with Crippen LogP contribution in [0.2, 0.25) is 0 Å². The van der Waals surface area contributed by atoms with E-state index in [0.29, 0.717) is 29.9 Å². The number of sulfonamides is 1. The van der Waals surface area contributed by atoms with E-state index in [9.17, 15) is 13.2 Å². The molecule has 0 radical (unpaired) electrons. The van der Waals surface area contributed by atoms with Crippen molar-refractivity contribution in [3.05, 3.63) is 52.8 Å². The van der Waals surface area contributed by atoms with Gasteiger partial charge in [-0.1, -0.05) is 12.1 Å². The fraction of sp³-hybridized carbons (Fsp3) is 0.312. The number of nitrogens with one attached hydrogen (secondary N) is 1. The van der Waals surface area contributed by atoms with Crippen molar-refractivity contribution in [2.75, 3.05) is 12.8 Å². The standard InChI is InChI=1S/C16H17N5O3S/c1-25(23,24)20-6-7-21-14(11-20)8-13(19-21)10-18-16(22)15-5-3-2-4-12(15)9-17/h2-5,8H,6-7,10-11H2,1H3,(H,18,22). The van der Waals surface area contributed by atoms with E-state index in [1.54, 1.807) is 35.0 Å². The monoisotopic (exact) mass is 359 g/mol. The maximum atomic E-state index is 12.2. The molecule has 0 aliphatic carbocycles. The number of carbonyl (C=O) groups is 1. The van der Waals surface area contributed by atoms with Crippen LogP contribution in [0.4, 0.5) is 0 Å². The summed E-state index contributed by atoms with van der Waals surface area (Å²) >= 11 is 0. The molecular formula is C16H17N5O3S. The smallest absolute Gasteiger partial charge is 0.252 e. The third-order valence-electron chi connectivity index (χ3n) is 4.00. The first-order valence-corrected chi connectivity index (χ1v) is 9.51. The quantitative estimate of drug-likeness (QED) is 0.853. The van der Waals surface area contributed by atoms with Gasteiger partial charge in [-0.15, -0.1) is 0 Å². The molecule has 0 spiro atoms. The molecule has 1 aliphatic rings. The lowest BCUT2D eigenvalue weighted by Crippen LogP contribution is -2.37. The Bertz CT molecular complexity index is 958. The first kappa shape index (κ1) is 17.1. The Morgan fingerprint density at radius 2 is 2.12 bits per heavy atom. The van der Waals surface area contributed by atoms with Gasteiger partial charge in [-0.2, -0.15) is 14.7 Å². The summed E-state index contributed by atoms with van der Waals surface area (Å²) in [6, 6.07) is 10.4. The van der Waals surface area contributed by atoms with Crippen molar-refractivity contribution in [2.45, 2.75) is 19.6 Å². The highest BCUT2D eigenvalue weighted by Gasteiger charge is 2.24. The van der Waals surface area contributed by atoms with Crippen molar-refractivity contribution in [2.24, 2.45) is 0 Å². The number of fused-ring (bicyclic) bond motifs is 1. The van der Waals surface area contributed by atoms with Crippen LogP contribution in [0.1, 0.15) is 27.3 Å². The maximum Gasteiger partial charge on any atom is 0.252 e. The molecule has 2 aromatic rings. The van der Waals surface area contributed by atoms with E-state index >= 15 is 0 Å². The van der Waals surface area contributed by atoms with Crippen LogP contribution in [0.15, 0.2) is 30.3 Å². The fourth-order valence-electron chi connectivity index (χ4n) is 2.72. The van der Waals surface area contributed by atoms with Crippen molar-refractivity contribution in [1.82, 2.24) is 19.4 Å². The molecular weight excluding hydrogens is 342 g/mol. The lowest BCUT2D eigenvalue weighted by atomic mass is 10.1. The Balaban J connectivity index is 1.69. The van der Waals surface area contributed by atoms with Gasteiger partial charge in [-0.25, -0.2) is 8.42 Å². The molecule has 0 atom stereocenters. The van der Waals surface area contributed by atoms with Gasteiger partial charge in [0.15, 0.2) is 0 Å². The molecule has 1 N–H and O–H groups in total. The molecule has 8 nitrogen and oxygen atoms in total. The molecule has 0 saturated carbocycles. The molecule has 3 rings (SSSR count). The van der Waals surface area contributed by atoms with E-state index < -0.39 is 10.0 Å². The van der Waals surface area contributed by atoms with Gasteiger partial charge in [0.05, 0.1) is 54.5 Å². The fourth-order valence-corrected chi connectivity index (χ4v) is 3.50. The molecule has 0 fully saturated rings. The third kappa shape index (κ3) is 3.70. The Morgan fingerprint density at radius 1 is 1.36 bits per heavy atom. The molecule has 9 heteroatoms. The zero-order valence-electron chi connectivity index (χ0n) is 13.6. The number of aromatic nitrogens is 2. The summed E-state index contributed by atoms with van der Waals surface area (Å²) in [5, 5.41) is 16.2. The highest BCUT2D eigenvalue weighted by Crippen LogP contribution is 2.16. The van der Waals surface area contributed by atoms with E-state index in [0.717, 1.165) is 5.69 Å². The van der Waals surface area contributed by atoms with Gasteiger partial charge in [0.25, 0.3) is 5.91 Å². The molecule has 130 valence electrons. The van der Waals surface area contributed by atoms with Crippen LogP contribution in [0.3, 0.4) is 0 Å². The largest absolute Gasteiger partial charge is 0.346 e. The normalized spacial score (nSPS) is 14.6. The van der Waals surface area contributed by atoms with Gasteiger partial charge in [-0.05, 0) is 18.2 Å². The highest BCUT2D eigenvalue weighted by molar-refractivity contribution is 7.88. The molecule has 0 bridgehead atoms. The van der Waals surface area contributed by atoms with Crippen LogP contribution in [0.5, 0.6) is 0 Å². The Hall–Kier alpha value is -2.70. The molecule has 25 heavy (non-hydrogen) atoms. The van der Waals surface area contributed by atoms with E-state index in [-0.39, 0.29) is 19.0 Å². The number of nitriles is 1. The molecule has 2 heterocycles. The van der Waals surface area contributed by atoms with Gasteiger partial charge >= 0.3 is 0 Å². The van der Waals surface area contributed by atoms with E-state index in [1.807, 2.05) is 6.07 Å². The Labute approximate surface area is 145 Å². The van der Waals surface area contributed by atoms with Crippen LogP contribution >= 0.6 is 0 Å². The molecule has 1 aromatic heterocycles. The van der Waals surface area contributed by atoms with Crippen LogP contribution in [0, 0.1) is 11.3 Å². The van der Waals surface area contributed by atoms with Gasteiger partial charge in [0.2, 0.25) is 10.0 Å². The van der Waals surface area contributed by atoms with E-state index in [1.165, 1.54) is 10.6 Å². The Kier molecular flexibility index (Phi) is 4.57. The molecule has 0 unspecified atom stereocenters. The molecule has 1 aromatic carbocycles. The SMILES string of the molecule is CS(=O)(=O)N1CCn2nc(CNC(=O)c3ccccc3C#N)cc2C1. The lowest BCUT2D eigenvalue weighted by molar-refractivity contribution is 0.0950. The van der Waals surface area contributed by atoms with Gasteiger partial charge in [0, 0.05) is 6.54 Å². The van der Waals surface area contributed by atoms with Crippen molar-refractivity contribution in [3.8, 4) is 6.07 Å². The van der Waals surface area contributed by atoms with Crippen LogP contribution in [-0.4, -0.2) is 41.2 Å². The first-order chi connectivity index (χ1) is 11.9. The van der Waals surface area contributed by atoms with Gasteiger partial charge in [0.1, 0.15) is 0 Å². The summed E-state index contributed by atoms with van der Waals surface area (Å²) in [5.41, 5.74) is 2.07. The van der Waals surface area contributed by atoms with Crippen molar-refractivity contribution < 1.29 is 13.2 Å². The number of carbonyl (C=O) groups excluding carboxylic acids is 1. The third-order valence-corrected chi connectivity index (χ3v) is 5.25. The first-order valence-electron chi connectivity index (χ1n) is 7.66. The second kappa shape index (κ2) is 6.66. The highest BCUT2D eigenvalue weighted by atomic mass is 32.2. The summed E-state index contributed by atoms with van der Waals surface area (Å²) < 4.78 is 26.5.